The van der Waals surface area contributed by atoms with Crippen LogP contribution in [0, 0.1) is 6.92 Å². The Hall–Kier alpha value is -1.36. The van der Waals surface area contributed by atoms with Gasteiger partial charge in [0.2, 0.25) is 0 Å². The van der Waals surface area contributed by atoms with Crippen molar-refractivity contribution in [1.82, 2.24) is 9.97 Å². The van der Waals surface area contributed by atoms with Crippen molar-refractivity contribution in [3.8, 4) is 0 Å². The molecular formula is C15H26N4O. The van der Waals surface area contributed by atoms with Gasteiger partial charge in [-0.3, -0.25) is 0 Å². The van der Waals surface area contributed by atoms with E-state index in [4.69, 9.17) is 4.98 Å². The molecule has 0 radical (unpaired) electrons. The van der Waals surface area contributed by atoms with Gasteiger partial charge in [-0.15, -0.1) is 0 Å². The molecule has 0 bridgehead atoms. The molecule has 0 spiro atoms. The summed E-state index contributed by atoms with van der Waals surface area (Å²) in [5.74, 6) is 2.66. The summed E-state index contributed by atoms with van der Waals surface area (Å²) in [5.41, 5.74) is 0.956. The summed E-state index contributed by atoms with van der Waals surface area (Å²) in [6.45, 7) is 9.99. The van der Waals surface area contributed by atoms with Gasteiger partial charge < -0.3 is 15.3 Å². The number of piperidine rings is 1. The highest BCUT2D eigenvalue weighted by atomic mass is 16.3. The topological polar surface area (TPSA) is 61.3 Å². The van der Waals surface area contributed by atoms with Gasteiger partial charge in [-0.25, -0.2) is 9.97 Å². The van der Waals surface area contributed by atoms with Gasteiger partial charge in [0.15, 0.2) is 0 Å². The highest BCUT2D eigenvalue weighted by Gasteiger charge is 2.25. The molecule has 0 amide bonds. The minimum Gasteiger partial charge on any atom is -0.391 e. The summed E-state index contributed by atoms with van der Waals surface area (Å²) >= 11 is 0. The van der Waals surface area contributed by atoms with Crippen molar-refractivity contribution in [3.63, 3.8) is 0 Å². The van der Waals surface area contributed by atoms with E-state index in [2.05, 4.69) is 36.0 Å². The summed E-state index contributed by atoms with van der Waals surface area (Å²) in [4.78, 5) is 11.6. The van der Waals surface area contributed by atoms with Crippen LogP contribution < -0.4 is 10.2 Å². The van der Waals surface area contributed by atoms with Gasteiger partial charge in [-0.2, -0.15) is 0 Å². The zero-order valence-corrected chi connectivity index (χ0v) is 13.2. The molecule has 1 saturated heterocycles. The fourth-order valence-electron chi connectivity index (χ4n) is 2.54. The zero-order chi connectivity index (χ0) is 14.9. The van der Waals surface area contributed by atoms with Gasteiger partial charge in [0.1, 0.15) is 17.5 Å². The van der Waals surface area contributed by atoms with Crippen LogP contribution in [-0.2, 0) is 5.41 Å². The summed E-state index contributed by atoms with van der Waals surface area (Å²) < 4.78 is 0. The molecule has 2 rings (SSSR count). The SMILES string of the molecule is CNc1nc(C(C)(C)C)nc(N2CCCC(O)C2)c1C. The maximum atomic E-state index is 9.89. The minimum atomic E-state index is -0.255. The standard InChI is InChI=1S/C15H26N4O/c1-10-12(16-5)17-14(15(2,3)4)18-13(10)19-8-6-7-11(20)9-19/h11,20H,6-9H2,1-5H3,(H,16,17,18). The molecule has 1 aromatic rings. The number of β-amino-alcohol motifs (C(OH)–C–C–N with tert-alkyl or cyclic N) is 1. The molecule has 1 fully saturated rings. The van der Waals surface area contributed by atoms with Crippen LogP contribution in [0.5, 0.6) is 0 Å². The molecule has 5 nitrogen and oxygen atoms in total. The first-order valence-electron chi connectivity index (χ1n) is 7.33. The number of anilines is 2. The smallest absolute Gasteiger partial charge is 0.138 e. The fourth-order valence-corrected chi connectivity index (χ4v) is 2.54. The molecule has 2 heterocycles. The Balaban J connectivity index is 2.45. The first-order chi connectivity index (χ1) is 9.32. The maximum absolute atomic E-state index is 9.89. The van der Waals surface area contributed by atoms with E-state index in [0.717, 1.165) is 42.4 Å². The summed E-state index contributed by atoms with van der Waals surface area (Å²) in [7, 11) is 1.89. The van der Waals surface area contributed by atoms with Crippen LogP contribution in [0.1, 0.15) is 45.0 Å². The average molecular weight is 278 g/mol. The first-order valence-corrected chi connectivity index (χ1v) is 7.33. The zero-order valence-electron chi connectivity index (χ0n) is 13.2. The average Bonchev–Trinajstić information content (AvgIpc) is 2.37. The Morgan fingerprint density at radius 3 is 2.55 bits per heavy atom. The van der Waals surface area contributed by atoms with Gasteiger partial charge in [-0.05, 0) is 19.8 Å². The lowest BCUT2D eigenvalue weighted by molar-refractivity contribution is 0.153. The van der Waals surface area contributed by atoms with Crippen molar-refractivity contribution in [2.24, 2.45) is 0 Å². The van der Waals surface area contributed by atoms with E-state index in [1.807, 2.05) is 14.0 Å². The van der Waals surface area contributed by atoms with Crippen LogP contribution in [-0.4, -0.2) is 41.3 Å². The number of aliphatic hydroxyl groups is 1. The van der Waals surface area contributed by atoms with Crippen molar-refractivity contribution >= 4 is 11.6 Å². The Labute approximate surface area is 121 Å². The van der Waals surface area contributed by atoms with Crippen LogP contribution in [0.25, 0.3) is 0 Å². The first kappa shape index (κ1) is 15.0. The molecule has 1 aliphatic rings. The third kappa shape index (κ3) is 3.03. The number of nitrogens with zero attached hydrogens (tertiary/aromatic N) is 3. The van der Waals surface area contributed by atoms with Gasteiger partial charge in [0.05, 0.1) is 6.10 Å². The van der Waals surface area contributed by atoms with Crippen molar-refractivity contribution in [3.05, 3.63) is 11.4 Å². The Bertz CT molecular complexity index is 481. The summed E-state index contributed by atoms with van der Waals surface area (Å²) in [6.07, 6.45) is 1.63. The van der Waals surface area contributed by atoms with Crippen molar-refractivity contribution < 1.29 is 5.11 Å². The number of hydrogen-bond donors (Lipinski definition) is 2. The second kappa shape index (κ2) is 5.56. The quantitative estimate of drug-likeness (QED) is 0.867. The van der Waals surface area contributed by atoms with Crippen molar-refractivity contribution in [2.45, 2.75) is 52.1 Å². The second-order valence-electron chi connectivity index (χ2n) is 6.59. The van der Waals surface area contributed by atoms with E-state index in [0.29, 0.717) is 6.54 Å². The van der Waals surface area contributed by atoms with E-state index in [9.17, 15) is 5.11 Å². The highest BCUT2D eigenvalue weighted by molar-refractivity contribution is 5.59. The fraction of sp³-hybridized carbons (Fsp3) is 0.733. The van der Waals surface area contributed by atoms with E-state index in [-0.39, 0.29) is 11.5 Å². The van der Waals surface area contributed by atoms with Gasteiger partial charge in [0.25, 0.3) is 0 Å². The molecule has 1 unspecified atom stereocenters. The largest absolute Gasteiger partial charge is 0.391 e. The molecule has 20 heavy (non-hydrogen) atoms. The van der Waals surface area contributed by atoms with Crippen molar-refractivity contribution in [1.29, 1.82) is 0 Å². The maximum Gasteiger partial charge on any atom is 0.138 e. The third-order valence-corrected chi connectivity index (χ3v) is 3.72. The number of nitrogens with one attached hydrogen (secondary N) is 1. The molecule has 0 aromatic carbocycles. The predicted molar refractivity (Wildman–Crippen MR) is 82.5 cm³/mol. The van der Waals surface area contributed by atoms with Crippen LogP contribution in [0.15, 0.2) is 0 Å². The predicted octanol–water partition coefficient (Wildman–Crippen LogP) is 2.09. The Morgan fingerprint density at radius 2 is 2.00 bits per heavy atom. The van der Waals surface area contributed by atoms with Gasteiger partial charge >= 0.3 is 0 Å². The van der Waals surface area contributed by atoms with Gasteiger partial charge in [0, 0.05) is 31.1 Å². The molecule has 1 aromatic heterocycles. The number of rotatable bonds is 2. The van der Waals surface area contributed by atoms with Gasteiger partial charge in [-0.1, -0.05) is 20.8 Å². The molecule has 1 aliphatic heterocycles. The van der Waals surface area contributed by atoms with Crippen LogP contribution in [0.4, 0.5) is 11.6 Å². The minimum absolute atomic E-state index is 0.0948. The number of aromatic nitrogens is 2. The number of aliphatic hydroxyl groups excluding tert-OH is 1. The van der Waals surface area contributed by atoms with Crippen LogP contribution in [0.3, 0.4) is 0 Å². The monoisotopic (exact) mass is 278 g/mol. The molecule has 5 heteroatoms. The van der Waals surface area contributed by atoms with E-state index < -0.39 is 0 Å². The molecule has 1 atom stereocenters. The van der Waals surface area contributed by atoms with Crippen molar-refractivity contribution in [2.75, 3.05) is 30.4 Å². The van der Waals surface area contributed by atoms with Crippen LogP contribution >= 0.6 is 0 Å². The number of hydrogen-bond acceptors (Lipinski definition) is 5. The lowest BCUT2D eigenvalue weighted by Crippen LogP contribution is -2.39. The third-order valence-electron chi connectivity index (χ3n) is 3.72. The summed E-state index contributed by atoms with van der Waals surface area (Å²) in [6, 6.07) is 0. The summed E-state index contributed by atoms with van der Waals surface area (Å²) in [5, 5.41) is 13.0. The van der Waals surface area contributed by atoms with E-state index in [1.165, 1.54) is 0 Å². The Kier molecular flexibility index (Phi) is 4.18. The van der Waals surface area contributed by atoms with E-state index in [1.54, 1.807) is 0 Å². The van der Waals surface area contributed by atoms with Crippen LogP contribution in [0.2, 0.25) is 0 Å². The normalized spacial score (nSPS) is 20.1. The molecule has 2 N–H and O–H groups in total. The molecule has 0 aliphatic carbocycles. The highest BCUT2D eigenvalue weighted by Crippen LogP contribution is 2.29. The molecule has 112 valence electrons. The second-order valence-corrected chi connectivity index (χ2v) is 6.59. The van der Waals surface area contributed by atoms with E-state index >= 15 is 0 Å². The molecule has 0 saturated carbocycles. The Morgan fingerprint density at radius 1 is 1.30 bits per heavy atom. The molecular weight excluding hydrogens is 252 g/mol. The lowest BCUT2D eigenvalue weighted by Gasteiger charge is -2.33. The lowest BCUT2D eigenvalue weighted by atomic mass is 9.95.